The van der Waals surface area contributed by atoms with Gasteiger partial charge in [-0.25, -0.2) is 9.18 Å². The zero-order chi connectivity index (χ0) is 14.7. The molecule has 3 N–H and O–H groups in total. The number of aliphatic hydroxyl groups excluding tert-OH is 1. The molecule has 1 atom stereocenters. The first-order valence-corrected chi connectivity index (χ1v) is 6.66. The molecular formula is C13H12FNO4S. The van der Waals surface area contributed by atoms with Crippen LogP contribution in [-0.2, 0) is 4.79 Å². The van der Waals surface area contributed by atoms with E-state index in [4.69, 9.17) is 10.2 Å². The van der Waals surface area contributed by atoms with Crippen molar-refractivity contribution in [2.24, 2.45) is 0 Å². The summed E-state index contributed by atoms with van der Waals surface area (Å²) in [6.45, 7) is -0.338. The quantitative estimate of drug-likeness (QED) is 0.782. The Morgan fingerprint density at radius 2 is 2.10 bits per heavy atom. The zero-order valence-corrected chi connectivity index (χ0v) is 11.1. The van der Waals surface area contributed by atoms with E-state index in [0.717, 1.165) is 16.0 Å². The Kier molecular flexibility index (Phi) is 4.31. The van der Waals surface area contributed by atoms with Crippen molar-refractivity contribution < 1.29 is 24.2 Å². The van der Waals surface area contributed by atoms with Crippen molar-refractivity contribution in [1.29, 1.82) is 0 Å². The maximum absolute atomic E-state index is 13.1. The van der Waals surface area contributed by atoms with Crippen LogP contribution in [0, 0.1) is 5.82 Å². The van der Waals surface area contributed by atoms with Gasteiger partial charge in [0, 0.05) is 17.7 Å². The van der Waals surface area contributed by atoms with Crippen LogP contribution in [0.25, 0.3) is 10.1 Å². The lowest BCUT2D eigenvalue weighted by Crippen LogP contribution is -2.41. The molecule has 106 valence electrons. The summed E-state index contributed by atoms with van der Waals surface area (Å²) in [7, 11) is 0. The fourth-order valence-corrected chi connectivity index (χ4v) is 2.69. The predicted molar refractivity (Wildman–Crippen MR) is 72.4 cm³/mol. The number of carbonyl (C=O) groups is 2. The normalized spacial score (nSPS) is 12.3. The van der Waals surface area contributed by atoms with Crippen molar-refractivity contribution in [2.45, 2.75) is 12.5 Å². The van der Waals surface area contributed by atoms with Gasteiger partial charge in [-0.05, 0) is 29.7 Å². The second-order valence-electron chi connectivity index (χ2n) is 4.17. The Labute approximate surface area is 117 Å². The number of hydrogen-bond acceptors (Lipinski definition) is 4. The van der Waals surface area contributed by atoms with E-state index in [0.29, 0.717) is 10.3 Å². The molecule has 2 rings (SSSR count). The fourth-order valence-electron chi connectivity index (χ4n) is 1.74. The van der Waals surface area contributed by atoms with E-state index in [9.17, 15) is 14.0 Å². The molecule has 0 aliphatic carbocycles. The van der Waals surface area contributed by atoms with Crippen LogP contribution in [0.3, 0.4) is 0 Å². The van der Waals surface area contributed by atoms with E-state index in [1.165, 1.54) is 18.2 Å². The van der Waals surface area contributed by atoms with Gasteiger partial charge >= 0.3 is 5.97 Å². The molecule has 5 nitrogen and oxygen atoms in total. The molecule has 0 bridgehead atoms. The highest BCUT2D eigenvalue weighted by Gasteiger charge is 2.21. The van der Waals surface area contributed by atoms with Gasteiger partial charge in [0.15, 0.2) is 0 Å². The summed E-state index contributed by atoms with van der Waals surface area (Å²) >= 11 is 1.15. The number of thiophene rings is 1. The SMILES string of the molecule is O=C(N[C@@H](CCO)C(=O)O)c1cc2cc(F)ccc2s1. The summed E-state index contributed by atoms with van der Waals surface area (Å²) in [4.78, 5) is 23.2. The number of nitrogens with one attached hydrogen (secondary N) is 1. The highest BCUT2D eigenvalue weighted by molar-refractivity contribution is 7.20. The summed E-state index contributed by atoms with van der Waals surface area (Å²) in [5.74, 6) is -2.15. The molecule has 0 radical (unpaired) electrons. The number of carboxylic acid groups (broad SMARTS) is 1. The molecule has 2 aromatic rings. The van der Waals surface area contributed by atoms with Gasteiger partial charge in [0.2, 0.25) is 0 Å². The maximum atomic E-state index is 13.1. The van der Waals surface area contributed by atoms with Gasteiger partial charge in [-0.3, -0.25) is 4.79 Å². The molecule has 1 aromatic heterocycles. The van der Waals surface area contributed by atoms with Crippen molar-refractivity contribution in [2.75, 3.05) is 6.61 Å². The van der Waals surface area contributed by atoms with Crippen LogP contribution in [0.2, 0.25) is 0 Å². The molecule has 0 unspecified atom stereocenters. The van der Waals surface area contributed by atoms with E-state index >= 15 is 0 Å². The van der Waals surface area contributed by atoms with Crippen LogP contribution in [0.4, 0.5) is 4.39 Å². The Bertz CT molecular complexity index is 655. The summed E-state index contributed by atoms with van der Waals surface area (Å²) in [6, 6.07) is 4.54. The number of benzene rings is 1. The number of amides is 1. The van der Waals surface area contributed by atoms with Gasteiger partial charge in [-0.2, -0.15) is 0 Å². The number of fused-ring (bicyclic) bond motifs is 1. The second-order valence-corrected chi connectivity index (χ2v) is 5.25. The van der Waals surface area contributed by atoms with Crippen molar-refractivity contribution in [1.82, 2.24) is 5.32 Å². The minimum Gasteiger partial charge on any atom is -0.480 e. The summed E-state index contributed by atoms with van der Waals surface area (Å²) in [5.41, 5.74) is 0. The van der Waals surface area contributed by atoms with Crippen LogP contribution in [0.1, 0.15) is 16.1 Å². The minimum absolute atomic E-state index is 0.0689. The van der Waals surface area contributed by atoms with Gasteiger partial charge in [0.1, 0.15) is 11.9 Å². The Morgan fingerprint density at radius 3 is 2.75 bits per heavy atom. The molecule has 0 spiro atoms. The van der Waals surface area contributed by atoms with Gasteiger partial charge in [0.25, 0.3) is 5.91 Å². The zero-order valence-electron chi connectivity index (χ0n) is 10.3. The van der Waals surface area contributed by atoms with Gasteiger partial charge < -0.3 is 15.5 Å². The molecule has 1 amide bonds. The topological polar surface area (TPSA) is 86.6 Å². The molecule has 0 fully saturated rings. The first kappa shape index (κ1) is 14.4. The molecule has 0 aliphatic rings. The van der Waals surface area contributed by atoms with Crippen molar-refractivity contribution >= 4 is 33.3 Å². The largest absolute Gasteiger partial charge is 0.480 e. The highest BCUT2D eigenvalue weighted by atomic mass is 32.1. The summed E-state index contributed by atoms with van der Waals surface area (Å²) in [5, 5.41) is 20.6. The number of halogens is 1. The van der Waals surface area contributed by atoms with Crippen LogP contribution in [0.5, 0.6) is 0 Å². The summed E-state index contributed by atoms with van der Waals surface area (Å²) in [6.07, 6.45) is -0.0689. The first-order valence-electron chi connectivity index (χ1n) is 5.85. The van der Waals surface area contributed by atoms with Crippen LogP contribution >= 0.6 is 11.3 Å². The smallest absolute Gasteiger partial charge is 0.326 e. The molecular weight excluding hydrogens is 285 g/mol. The van der Waals surface area contributed by atoms with Crippen LogP contribution in [0.15, 0.2) is 24.3 Å². The maximum Gasteiger partial charge on any atom is 0.326 e. The fraction of sp³-hybridized carbons (Fsp3) is 0.231. The van der Waals surface area contributed by atoms with Gasteiger partial charge in [-0.1, -0.05) is 0 Å². The average molecular weight is 297 g/mol. The number of rotatable bonds is 5. The third-order valence-corrected chi connectivity index (χ3v) is 3.84. The summed E-state index contributed by atoms with van der Waals surface area (Å²) < 4.78 is 13.8. The molecule has 0 saturated heterocycles. The Morgan fingerprint density at radius 1 is 1.35 bits per heavy atom. The lowest BCUT2D eigenvalue weighted by Gasteiger charge is -2.11. The predicted octanol–water partition coefficient (Wildman–Crippen LogP) is 1.61. The molecule has 0 aliphatic heterocycles. The molecule has 7 heteroatoms. The molecule has 1 heterocycles. The Hall–Kier alpha value is -1.99. The van der Waals surface area contributed by atoms with E-state index in [1.54, 1.807) is 6.07 Å². The van der Waals surface area contributed by atoms with Crippen molar-refractivity contribution in [3.05, 3.63) is 35.0 Å². The number of aliphatic carboxylic acids is 1. The number of aliphatic hydroxyl groups is 1. The van der Waals surface area contributed by atoms with Gasteiger partial charge in [0.05, 0.1) is 4.88 Å². The lowest BCUT2D eigenvalue weighted by atomic mass is 10.2. The standard InChI is InChI=1S/C13H12FNO4S/c14-8-1-2-10-7(5-8)6-11(20-10)12(17)15-9(3-4-16)13(18)19/h1-2,5-6,9,16H,3-4H2,(H,15,17)(H,18,19)/t9-/m0/s1. The third-order valence-electron chi connectivity index (χ3n) is 2.72. The minimum atomic E-state index is -1.21. The van der Waals surface area contributed by atoms with Crippen LogP contribution in [-0.4, -0.2) is 34.7 Å². The van der Waals surface area contributed by atoms with Gasteiger partial charge in [-0.15, -0.1) is 11.3 Å². The molecule has 0 saturated carbocycles. The van der Waals surface area contributed by atoms with E-state index in [2.05, 4.69) is 5.32 Å². The first-order chi connectivity index (χ1) is 9.51. The average Bonchev–Trinajstić information content (AvgIpc) is 2.80. The van der Waals surface area contributed by atoms with E-state index in [-0.39, 0.29) is 13.0 Å². The molecule has 1 aromatic carbocycles. The third kappa shape index (κ3) is 3.12. The van der Waals surface area contributed by atoms with Crippen LogP contribution < -0.4 is 5.32 Å². The highest BCUT2D eigenvalue weighted by Crippen LogP contribution is 2.26. The van der Waals surface area contributed by atoms with Crippen molar-refractivity contribution in [3.63, 3.8) is 0 Å². The monoisotopic (exact) mass is 297 g/mol. The second kappa shape index (κ2) is 5.98. The Balaban J connectivity index is 2.20. The number of carboxylic acids is 1. The number of hydrogen-bond donors (Lipinski definition) is 3. The van der Waals surface area contributed by atoms with E-state index < -0.39 is 23.7 Å². The number of carbonyl (C=O) groups excluding carboxylic acids is 1. The van der Waals surface area contributed by atoms with Crippen molar-refractivity contribution in [3.8, 4) is 0 Å². The molecule has 20 heavy (non-hydrogen) atoms. The lowest BCUT2D eigenvalue weighted by molar-refractivity contribution is -0.139. The van der Waals surface area contributed by atoms with E-state index in [1.807, 2.05) is 0 Å².